The van der Waals surface area contributed by atoms with Crippen LogP contribution in [0.3, 0.4) is 0 Å². The molecule has 9 nitrogen and oxygen atoms in total. The molecule has 0 radical (unpaired) electrons. The van der Waals surface area contributed by atoms with Gasteiger partial charge < -0.3 is 19.9 Å². The van der Waals surface area contributed by atoms with Crippen molar-refractivity contribution in [2.75, 3.05) is 58.3 Å². The number of aromatic nitrogens is 2. The predicted octanol–water partition coefficient (Wildman–Crippen LogP) is 0.809. The first-order valence-electron chi connectivity index (χ1n) is 11.0. The number of piperidine rings is 1. The highest BCUT2D eigenvalue weighted by Crippen LogP contribution is 2.32. The molecule has 2 saturated heterocycles. The Bertz CT molecular complexity index is 778. The highest BCUT2D eigenvalue weighted by atomic mass is 16.5. The lowest BCUT2D eigenvalue weighted by molar-refractivity contribution is -0.137. The van der Waals surface area contributed by atoms with E-state index in [1.807, 2.05) is 16.8 Å². The van der Waals surface area contributed by atoms with Crippen LogP contribution in [0, 0.1) is 0 Å². The van der Waals surface area contributed by atoms with E-state index >= 15 is 0 Å². The van der Waals surface area contributed by atoms with Gasteiger partial charge in [-0.1, -0.05) is 0 Å². The average Bonchev–Trinajstić information content (AvgIpc) is 2.78. The Morgan fingerprint density at radius 2 is 1.93 bits per heavy atom. The van der Waals surface area contributed by atoms with Gasteiger partial charge in [0.2, 0.25) is 11.8 Å². The lowest BCUT2D eigenvalue weighted by Gasteiger charge is -2.37. The second kappa shape index (κ2) is 9.26. The molecule has 2 amide bonds. The van der Waals surface area contributed by atoms with Crippen LogP contribution in [0.5, 0.6) is 0 Å². The Balaban J connectivity index is 1.56. The van der Waals surface area contributed by atoms with Crippen molar-refractivity contribution in [1.29, 1.82) is 0 Å². The number of likely N-dealkylation sites (tertiary alicyclic amines) is 1. The van der Waals surface area contributed by atoms with E-state index in [1.165, 1.54) is 0 Å². The maximum Gasteiger partial charge on any atom is 0.237 e. The van der Waals surface area contributed by atoms with Gasteiger partial charge in [0, 0.05) is 52.1 Å². The summed E-state index contributed by atoms with van der Waals surface area (Å²) in [5.74, 6) is 1.71. The van der Waals surface area contributed by atoms with Crippen molar-refractivity contribution in [3.05, 3.63) is 17.1 Å². The third kappa shape index (κ3) is 4.41. The first-order valence-corrected chi connectivity index (χ1v) is 11.0. The molecule has 0 aromatic carbocycles. The molecule has 0 saturated carbocycles. The third-order valence-corrected chi connectivity index (χ3v) is 6.34. The Morgan fingerprint density at radius 3 is 2.67 bits per heavy atom. The zero-order valence-electron chi connectivity index (χ0n) is 18.0. The van der Waals surface area contributed by atoms with Gasteiger partial charge in [-0.2, -0.15) is 0 Å². The van der Waals surface area contributed by atoms with Crippen molar-refractivity contribution in [1.82, 2.24) is 24.7 Å². The highest BCUT2D eigenvalue weighted by molar-refractivity contribution is 5.79. The van der Waals surface area contributed by atoms with Gasteiger partial charge in [0.05, 0.1) is 38.0 Å². The molecule has 0 unspecified atom stereocenters. The van der Waals surface area contributed by atoms with Crippen molar-refractivity contribution in [2.24, 2.45) is 0 Å². The molecule has 0 aliphatic carbocycles. The molecule has 1 aromatic heterocycles. The number of hydrogen-bond donors (Lipinski definition) is 1. The molecular weight excluding hydrogens is 384 g/mol. The van der Waals surface area contributed by atoms with Crippen LogP contribution in [-0.2, 0) is 27.3 Å². The monoisotopic (exact) mass is 416 g/mol. The van der Waals surface area contributed by atoms with Gasteiger partial charge in [-0.15, -0.1) is 0 Å². The predicted molar refractivity (Wildman–Crippen MR) is 112 cm³/mol. The van der Waals surface area contributed by atoms with Crippen molar-refractivity contribution < 1.29 is 14.3 Å². The van der Waals surface area contributed by atoms with E-state index in [4.69, 9.17) is 14.7 Å². The molecule has 1 N–H and O–H groups in total. The van der Waals surface area contributed by atoms with E-state index in [2.05, 4.69) is 10.2 Å². The van der Waals surface area contributed by atoms with Crippen LogP contribution in [0.1, 0.15) is 49.3 Å². The standard InChI is InChI=1S/C21H32N6O3/c1-15(28)26-8-6-17-16(13-26)20(22-2)24-21(23-17)18-5-3-4-7-27(18)19(29)14-25-9-11-30-12-10-25/h18H,3-14H2,1-2H3,(H,22,23,24)/t18-/m0/s1. The van der Waals surface area contributed by atoms with E-state index in [1.54, 1.807) is 6.92 Å². The zero-order valence-corrected chi connectivity index (χ0v) is 18.0. The largest absolute Gasteiger partial charge is 0.379 e. The first kappa shape index (κ1) is 21.0. The van der Waals surface area contributed by atoms with E-state index < -0.39 is 0 Å². The highest BCUT2D eigenvalue weighted by Gasteiger charge is 2.33. The molecule has 0 bridgehead atoms. The fraction of sp³-hybridized carbons (Fsp3) is 0.714. The van der Waals surface area contributed by atoms with E-state index in [0.717, 1.165) is 61.8 Å². The number of nitrogens with zero attached hydrogens (tertiary/aromatic N) is 5. The summed E-state index contributed by atoms with van der Waals surface area (Å²) in [5, 5.41) is 3.19. The molecule has 9 heteroatoms. The number of rotatable bonds is 4. The Hall–Kier alpha value is -2.26. The van der Waals surface area contributed by atoms with Crippen molar-refractivity contribution in [2.45, 2.75) is 45.2 Å². The molecule has 30 heavy (non-hydrogen) atoms. The summed E-state index contributed by atoms with van der Waals surface area (Å²) < 4.78 is 5.40. The van der Waals surface area contributed by atoms with Gasteiger partial charge in [-0.3, -0.25) is 14.5 Å². The number of amides is 2. The van der Waals surface area contributed by atoms with Crippen LogP contribution in [0.2, 0.25) is 0 Å². The Labute approximate surface area is 177 Å². The van der Waals surface area contributed by atoms with Crippen LogP contribution in [0.4, 0.5) is 5.82 Å². The molecule has 0 spiro atoms. The van der Waals surface area contributed by atoms with E-state index in [-0.39, 0.29) is 17.9 Å². The Kier molecular flexibility index (Phi) is 6.48. The zero-order chi connectivity index (χ0) is 21.1. The number of anilines is 1. The summed E-state index contributed by atoms with van der Waals surface area (Å²) in [5.41, 5.74) is 1.98. The molecule has 3 aliphatic heterocycles. The molecular formula is C21H32N6O3. The minimum atomic E-state index is -0.0875. The SMILES string of the molecule is CNc1nc([C@@H]2CCCCN2C(=O)CN2CCOCC2)nc2c1CN(C(C)=O)CC2. The molecule has 4 rings (SSSR count). The normalized spacial score (nSPS) is 22.5. The molecule has 4 heterocycles. The van der Waals surface area contributed by atoms with Gasteiger partial charge in [0.15, 0.2) is 5.82 Å². The molecule has 2 fully saturated rings. The summed E-state index contributed by atoms with van der Waals surface area (Å²) >= 11 is 0. The summed E-state index contributed by atoms with van der Waals surface area (Å²) in [7, 11) is 1.85. The van der Waals surface area contributed by atoms with E-state index in [9.17, 15) is 9.59 Å². The third-order valence-electron chi connectivity index (χ3n) is 6.34. The number of carbonyl (C=O) groups is 2. The van der Waals surface area contributed by atoms with Crippen molar-refractivity contribution in [3.63, 3.8) is 0 Å². The second-order valence-corrected chi connectivity index (χ2v) is 8.28. The van der Waals surface area contributed by atoms with Gasteiger partial charge in [-0.25, -0.2) is 9.97 Å². The summed E-state index contributed by atoms with van der Waals surface area (Å²) in [6.45, 7) is 6.96. The maximum atomic E-state index is 13.1. The fourth-order valence-corrected chi connectivity index (χ4v) is 4.60. The number of nitrogens with one attached hydrogen (secondary N) is 1. The molecule has 164 valence electrons. The molecule has 3 aliphatic rings. The second-order valence-electron chi connectivity index (χ2n) is 8.28. The van der Waals surface area contributed by atoms with Gasteiger partial charge >= 0.3 is 0 Å². The van der Waals surface area contributed by atoms with Crippen LogP contribution >= 0.6 is 0 Å². The first-order chi connectivity index (χ1) is 14.6. The average molecular weight is 417 g/mol. The maximum absolute atomic E-state index is 13.1. The van der Waals surface area contributed by atoms with Gasteiger partial charge in [0.1, 0.15) is 5.82 Å². The molecule has 1 atom stereocenters. The summed E-state index contributed by atoms with van der Waals surface area (Å²) in [6.07, 6.45) is 3.69. The van der Waals surface area contributed by atoms with Gasteiger partial charge in [-0.05, 0) is 19.3 Å². The van der Waals surface area contributed by atoms with E-state index in [0.29, 0.717) is 39.3 Å². The smallest absolute Gasteiger partial charge is 0.237 e. The summed E-state index contributed by atoms with van der Waals surface area (Å²) in [6, 6.07) is -0.0875. The number of fused-ring (bicyclic) bond motifs is 1. The van der Waals surface area contributed by atoms with Crippen LogP contribution in [0.15, 0.2) is 0 Å². The van der Waals surface area contributed by atoms with Crippen LogP contribution in [-0.4, -0.2) is 89.5 Å². The number of ether oxygens (including phenoxy) is 1. The number of carbonyl (C=O) groups excluding carboxylic acids is 2. The number of hydrogen-bond acceptors (Lipinski definition) is 7. The lowest BCUT2D eigenvalue weighted by atomic mass is 9.99. The summed E-state index contributed by atoms with van der Waals surface area (Å²) in [4.78, 5) is 40.6. The molecule has 1 aromatic rings. The lowest BCUT2D eigenvalue weighted by Crippen LogP contribution is -2.47. The van der Waals surface area contributed by atoms with Crippen LogP contribution in [0.25, 0.3) is 0 Å². The van der Waals surface area contributed by atoms with Crippen molar-refractivity contribution in [3.8, 4) is 0 Å². The quantitative estimate of drug-likeness (QED) is 0.777. The Morgan fingerprint density at radius 1 is 1.13 bits per heavy atom. The van der Waals surface area contributed by atoms with Crippen LogP contribution < -0.4 is 5.32 Å². The topological polar surface area (TPSA) is 90.9 Å². The minimum Gasteiger partial charge on any atom is -0.379 e. The number of morpholine rings is 1. The minimum absolute atomic E-state index is 0.0685. The fourth-order valence-electron chi connectivity index (χ4n) is 4.60. The van der Waals surface area contributed by atoms with Gasteiger partial charge in [0.25, 0.3) is 0 Å². The van der Waals surface area contributed by atoms with Crippen molar-refractivity contribution >= 4 is 17.6 Å².